The van der Waals surface area contributed by atoms with E-state index in [9.17, 15) is 0 Å². The molecule has 0 fully saturated rings. The summed E-state index contributed by atoms with van der Waals surface area (Å²) in [6, 6.07) is 8.63. The van der Waals surface area contributed by atoms with Crippen LogP contribution >= 0.6 is 11.6 Å². The Labute approximate surface area is 117 Å². The molecule has 0 radical (unpaired) electrons. The van der Waals surface area contributed by atoms with Gasteiger partial charge < -0.3 is 5.32 Å². The first kappa shape index (κ1) is 15.5. The van der Waals surface area contributed by atoms with Crippen LogP contribution in [0.4, 0.5) is 0 Å². The molecule has 1 N–H and O–H groups in total. The molecule has 2 heteroatoms. The van der Waals surface area contributed by atoms with Crippen molar-refractivity contribution in [2.45, 2.75) is 47.1 Å². The van der Waals surface area contributed by atoms with Crippen molar-refractivity contribution in [3.63, 3.8) is 0 Å². The fourth-order valence-electron chi connectivity index (χ4n) is 1.99. The summed E-state index contributed by atoms with van der Waals surface area (Å²) >= 11 is 5.95. The largest absolute Gasteiger partial charge is 0.310 e. The minimum Gasteiger partial charge on any atom is -0.310 e. The molecule has 0 saturated heterocycles. The van der Waals surface area contributed by atoms with Crippen LogP contribution in [0.3, 0.4) is 0 Å². The summed E-state index contributed by atoms with van der Waals surface area (Å²) in [6.45, 7) is 12.4. The maximum atomic E-state index is 5.95. The molecule has 2 atom stereocenters. The summed E-state index contributed by atoms with van der Waals surface area (Å²) in [5.41, 5.74) is 1.68. The van der Waals surface area contributed by atoms with Crippen LogP contribution in [0.25, 0.3) is 0 Å². The van der Waals surface area contributed by atoms with Crippen LogP contribution in [0.2, 0.25) is 5.02 Å². The van der Waals surface area contributed by atoms with Crippen molar-refractivity contribution in [2.24, 2.45) is 11.3 Å². The molecule has 1 rings (SSSR count). The van der Waals surface area contributed by atoms with Crippen LogP contribution in [0, 0.1) is 11.3 Å². The van der Waals surface area contributed by atoms with Crippen LogP contribution in [0.5, 0.6) is 0 Å². The summed E-state index contributed by atoms with van der Waals surface area (Å²) in [5.74, 6) is 0.664. The summed E-state index contributed by atoms with van der Waals surface area (Å²) < 4.78 is 0. The fourth-order valence-corrected chi connectivity index (χ4v) is 2.11. The van der Waals surface area contributed by atoms with E-state index in [0.717, 1.165) is 18.0 Å². The Morgan fingerprint density at radius 1 is 1.17 bits per heavy atom. The van der Waals surface area contributed by atoms with Gasteiger partial charge in [0.05, 0.1) is 0 Å². The second-order valence-electron chi connectivity index (χ2n) is 6.16. The SMILES string of the molecule is CCNC(CC(C)C(C)(C)C)c1ccc(Cl)cc1. The maximum Gasteiger partial charge on any atom is 0.0406 e. The standard InChI is InChI=1S/C16H26ClN/c1-6-18-15(11-12(2)16(3,4)5)13-7-9-14(17)10-8-13/h7-10,12,15,18H,6,11H2,1-5H3. The number of rotatable bonds is 5. The summed E-state index contributed by atoms with van der Waals surface area (Å²) in [6.07, 6.45) is 1.15. The van der Waals surface area contributed by atoms with Crippen LogP contribution in [-0.2, 0) is 0 Å². The molecular formula is C16H26ClN. The van der Waals surface area contributed by atoms with Gasteiger partial charge in [-0.05, 0) is 42.0 Å². The van der Waals surface area contributed by atoms with Crippen LogP contribution in [0.15, 0.2) is 24.3 Å². The van der Waals surface area contributed by atoms with Gasteiger partial charge in [0, 0.05) is 11.1 Å². The Kier molecular flexibility index (Phi) is 5.68. The Balaban J connectivity index is 2.80. The first-order chi connectivity index (χ1) is 8.34. The lowest BCUT2D eigenvalue weighted by molar-refractivity contribution is 0.224. The molecule has 18 heavy (non-hydrogen) atoms. The Hall–Kier alpha value is -0.530. The average Bonchev–Trinajstić information content (AvgIpc) is 2.28. The second-order valence-corrected chi connectivity index (χ2v) is 6.60. The molecule has 0 saturated carbocycles. The third-order valence-corrected chi connectivity index (χ3v) is 4.04. The van der Waals surface area contributed by atoms with Gasteiger partial charge in [-0.1, -0.05) is 58.4 Å². The minimum absolute atomic E-state index is 0.347. The van der Waals surface area contributed by atoms with E-state index in [1.54, 1.807) is 0 Å². The molecule has 102 valence electrons. The van der Waals surface area contributed by atoms with Gasteiger partial charge in [0.15, 0.2) is 0 Å². The van der Waals surface area contributed by atoms with Crippen LogP contribution in [-0.4, -0.2) is 6.54 Å². The summed E-state index contributed by atoms with van der Waals surface area (Å²) in [7, 11) is 0. The lowest BCUT2D eigenvalue weighted by Gasteiger charge is -2.31. The number of halogens is 1. The van der Waals surface area contributed by atoms with Crippen molar-refractivity contribution in [2.75, 3.05) is 6.54 Å². The van der Waals surface area contributed by atoms with Gasteiger partial charge in [-0.3, -0.25) is 0 Å². The fraction of sp³-hybridized carbons (Fsp3) is 0.625. The van der Waals surface area contributed by atoms with Crippen molar-refractivity contribution < 1.29 is 0 Å². The van der Waals surface area contributed by atoms with E-state index in [4.69, 9.17) is 11.6 Å². The topological polar surface area (TPSA) is 12.0 Å². The number of hydrogen-bond acceptors (Lipinski definition) is 1. The molecule has 0 aromatic heterocycles. The molecule has 1 aromatic rings. The zero-order valence-corrected chi connectivity index (χ0v) is 13.0. The first-order valence-electron chi connectivity index (χ1n) is 6.83. The van der Waals surface area contributed by atoms with Crippen molar-refractivity contribution >= 4 is 11.6 Å². The molecule has 0 heterocycles. The molecule has 0 amide bonds. The van der Waals surface area contributed by atoms with Gasteiger partial charge in [0.2, 0.25) is 0 Å². The monoisotopic (exact) mass is 267 g/mol. The van der Waals surface area contributed by atoms with Gasteiger partial charge in [-0.15, -0.1) is 0 Å². The quantitative estimate of drug-likeness (QED) is 0.786. The highest BCUT2D eigenvalue weighted by molar-refractivity contribution is 6.30. The number of nitrogens with one attached hydrogen (secondary N) is 1. The maximum absolute atomic E-state index is 5.95. The van der Waals surface area contributed by atoms with Crippen LogP contribution < -0.4 is 5.32 Å². The van der Waals surface area contributed by atoms with Gasteiger partial charge in [-0.25, -0.2) is 0 Å². The first-order valence-corrected chi connectivity index (χ1v) is 7.21. The van der Waals surface area contributed by atoms with Crippen molar-refractivity contribution in [3.8, 4) is 0 Å². The van der Waals surface area contributed by atoms with E-state index in [0.29, 0.717) is 17.4 Å². The molecule has 1 aromatic carbocycles. The molecule has 0 bridgehead atoms. The van der Waals surface area contributed by atoms with E-state index in [2.05, 4.69) is 52.1 Å². The van der Waals surface area contributed by atoms with Crippen molar-refractivity contribution in [1.29, 1.82) is 0 Å². The van der Waals surface area contributed by atoms with E-state index >= 15 is 0 Å². The highest BCUT2D eigenvalue weighted by Gasteiger charge is 2.23. The molecule has 2 unspecified atom stereocenters. The van der Waals surface area contributed by atoms with E-state index in [1.165, 1.54) is 5.56 Å². The molecule has 0 aliphatic heterocycles. The Bertz CT molecular complexity index is 350. The molecule has 0 spiro atoms. The average molecular weight is 268 g/mol. The van der Waals surface area contributed by atoms with Gasteiger partial charge in [0.1, 0.15) is 0 Å². The zero-order chi connectivity index (χ0) is 13.8. The van der Waals surface area contributed by atoms with Gasteiger partial charge in [-0.2, -0.15) is 0 Å². The lowest BCUT2D eigenvalue weighted by Crippen LogP contribution is -2.27. The third kappa shape index (κ3) is 4.62. The minimum atomic E-state index is 0.347. The highest BCUT2D eigenvalue weighted by Crippen LogP contribution is 2.33. The second kappa shape index (κ2) is 6.58. The summed E-state index contributed by atoms with van der Waals surface area (Å²) in [5, 5.41) is 4.38. The van der Waals surface area contributed by atoms with Gasteiger partial charge >= 0.3 is 0 Å². The van der Waals surface area contributed by atoms with Gasteiger partial charge in [0.25, 0.3) is 0 Å². The van der Waals surface area contributed by atoms with E-state index in [1.807, 2.05) is 12.1 Å². The lowest BCUT2D eigenvalue weighted by atomic mass is 9.77. The van der Waals surface area contributed by atoms with E-state index < -0.39 is 0 Å². The molecule has 0 aliphatic carbocycles. The number of hydrogen-bond donors (Lipinski definition) is 1. The molecule has 1 nitrogen and oxygen atoms in total. The van der Waals surface area contributed by atoms with Crippen molar-refractivity contribution in [3.05, 3.63) is 34.9 Å². The predicted molar refractivity (Wildman–Crippen MR) is 81.1 cm³/mol. The molecular weight excluding hydrogens is 242 g/mol. The summed E-state index contributed by atoms with van der Waals surface area (Å²) in [4.78, 5) is 0. The Morgan fingerprint density at radius 2 is 1.72 bits per heavy atom. The molecule has 0 aliphatic rings. The Morgan fingerprint density at radius 3 is 2.17 bits per heavy atom. The predicted octanol–water partition coefficient (Wildman–Crippen LogP) is 5.06. The van der Waals surface area contributed by atoms with Crippen molar-refractivity contribution in [1.82, 2.24) is 5.32 Å². The highest BCUT2D eigenvalue weighted by atomic mass is 35.5. The number of benzene rings is 1. The normalized spacial score (nSPS) is 15.4. The third-order valence-electron chi connectivity index (χ3n) is 3.79. The zero-order valence-electron chi connectivity index (χ0n) is 12.3. The smallest absolute Gasteiger partial charge is 0.0406 e. The van der Waals surface area contributed by atoms with E-state index in [-0.39, 0.29) is 0 Å². The van der Waals surface area contributed by atoms with Crippen LogP contribution in [0.1, 0.15) is 52.6 Å².